The normalized spacial score (nSPS) is 23.3. The molecule has 0 bridgehead atoms. The average molecular weight is 233 g/mol. The van der Waals surface area contributed by atoms with Gasteiger partial charge in [0.25, 0.3) is 0 Å². The molecule has 5 N–H and O–H groups in total. The Morgan fingerprint density at radius 3 is 1.85 bits per heavy atom. The van der Waals surface area contributed by atoms with Gasteiger partial charge in [0.05, 0.1) is 18.0 Å². The molecule has 0 saturated heterocycles. The Morgan fingerprint density at radius 1 is 1.08 bits per heavy atom. The van der Waals surface area contributed by atoms with Crippen LogP contribution in [0.4, 0.5) is 0 Å². The first-order chi connectivity index (χ1) is 5.91. The Labute approximate surface area is 86.0 Å². The van der Waals surface area contributed by atoms with E-state index in [0.29, 0.717) is 0 Å². The van der Waals surface area contributed by atoms with Crippen molar-refractivity contribution in [1.82, 2.24) is 0 Å². The molecule has 0 aromatic carbocycles. The minimum atomic E-state index is -1.60. The molecule has 13 heavy (non-hydrogen) atoms. The van der Waals surface area contributed by atoms with Crippen LogP contribution in [0.3, 0.4) is 0 Å². The van der Waals surface area contributed by atoms with Crippen molar-refractivity contribution in [2.75, 3.05) is 6.61 Å². The molecule has 0 aliphatic rings. The van der Waals surface area contributed by atoms with Gasteiger partial charge in [-0.05, 0) is 0 Å². The molecule has 0 spiro atoms. The largest absolute Gasteiger partial charge is 0.394 e. The molecule has 0 amide bonds. The summed E-state index contributed by atoms with van der Waals surface area (Å²) in [7, 11) is 0. The third-order valence-corrected chi connectivity index (χ3v) is 2.60. The highest BCUT2D eigenvalue weighted by molar-refractivity contribution is 7.81. The van der Waals surface area contributed by atoms with Gasteiger partial charge in [-0.1, -0.05) is 11.6 Å². The van der Waals surface area contributed by atoms with E-state index in [2.05, 4.69) is 12.6 Å². The molecule has 5 unspecified atom stereocenters. The van der Waals surface area contributed by atoms with Crippen molar-refractivity contribution in [1.29, 1.82) is 0 Å². The van der Waals surface area contributed by atoms with Crippen molar-refractivity contribution in [2.24, 2.45) is 0 Å². The summed E-state index contributed by atoms with van der Waals surface area (Å²) >= 11 is 8.89. The topological polar surface area (TPSA) is 101 Å². The second kappa shape index (κ2) is 6.02. The summed E-state index contributed by atoms with van der Waals surface area (Å²) in [6.45, 7) is -0.697. The maximum Gasteiger partial charge on any atom is 0.142 e. The van der Waals surface area contributed by atoms with Crippen LogP contribution in [0, 0.1) is 0 Å². The van der Waals surface area contributed by atoms with Gasteiger partial charge in [0.15, 0.2) is 0 Å². The van der Waals surface area contributed by atoms with Gasteiger partial charge in [0, 0.05) is 0 Å². The van der Waals surface area contributed by atoms with Crippen LogP contribution in [0.25, 0.3) is 0 Å². The molecule has 0 aromatic rings. The summed E-state index contributed by atoms with van der Waals surface area (Å²) in [4.78, 5) is 0. The SMILES string of the molecule is OCC(O)C(O)C(O)C(S)C(O)Cl. The smallest absolute Gasteiger partial charge is 0.142 e. The maximum atomic E-state index is 9.22. The molecule has 0 aliphatic heterocycles. The first-order valence-corrected chi connectivity index (χ1v) is 4.52. The predicted octanol–water partition coefficient (Wildman–Crippen LogP) is -2.08. The third-order valence-electron chi connectivity index (χ3n) is 1.56. The van der Waals surface area contributed by atoms with E-state index in [-0.39, 0.29) is 0 Å². The molecule has 0 aromatic heterocycles. The Morgan fingerprint density at radius 2 is 1.54 bits per heavy atom. The molecule has 0 heterocycles. The van der Waals surface area contributed by atoms with Gasteiger partial charge in [-0.15, -0.1) is 0 Å². The first kappa shape index (κ1) is 13.4. The van der Waals surface area contributed by atoms with E-state index in [0.717, 1.165) is 0 Å². The van der Waals surface area contributed by atoms with Gasteiger partial charge < -0.3 is 25.5 Å². The van der Waals surface area contributed by atoms with Crippen molar-refractivity contribution >= 4 is 24.2 Å². The lowest BCUT2D eigenvalue weighted by Crippen LogP contribution is -2.46. The van der Waals surface area contributed by atoms with Crippen LogP contribution in [-0.4, -0.2) is 61.3 Å². The van der Waals surface area contributed by atoms with E-state index in [1.165, 1.54) is 0 Å². The van der Waals surface area contributed by atoms with Gasteiger partial charge >= 0.3 is 0 Å². The molecule has 0 fully saturated rings. The van der Waals surface area contributed by atoms with Crippen LogP contribution < -0.4 is 0 Å². The van der Waals surface area contributed by atoms with E-state index in [9.17, 15) is 5.11 Å². The summed E-state index contributed by atoms with van der Waals surface area (Å²) in [5.74, 6) is 0. The number of thiol groups is 1. The highest BCUT2D eigenvalue weighted by atomic mass is 35.5. The Bertz CT molecular complexity index is 147. The standard InChI is InChI=1S/C6H13ClO5S/c7-6(12)5(13)4(11)3(10)2(9)1-8/h2-6,8-13H,1H2. The number of aliphatic hydroxyl groups is 5. The number of hydrogen-bond donors (Lipinski definition) is 6. The fraction of sp³-hybridized carbons (Fsp3) is 1.00. The summed E-state index contributed by atoms with van der Waals surface area (Å²) in [5.41, 5.74) is -1.45. The van der Waals surface area contributed by atoms with Gasteiger partial charge in [-0.2, -0.15) is 12.6 Å². The van der Waals surface area contributed by atoms with E-state index in [4.69, 9.17) is 32.0 Å². The van der Waals surface area contributed by atoms with Crippen molar-refractivity contribution in [3.05, 3.63) is 0 Å². The molecule has 80 valence electrons. The number of halogens is 1. The van der Waals surface area contributed by atoms with Crippen molar-refractivity contribution < 1.29 is 25.5 Å². The predicted molar refractivity (Wildman–Crippen MR) is 49.7 cm³/mol. The number of rotatable bonds is 5. The number of alkyl halides is 1. The first-order valence-electron chi connectivity index (χ1n) is 3.57. The zero-order chi connectivity index (χ0) is 10.6. The van der Waals surface area contributed by atoms with E-state index in [1.54, 1.807) is 0 Å². The minimum absolute atomic E-state index is 0.697. The second-order valence-electron chi connectivity index (χ2n) is 2.59. The molecular weight excluding hydrogens is 220 g/mol. The van der Waals surface area contributed by atoms with Crippen LogP contribution in [0.5, 0.6) is 0 Å². The second-order valence-corrected chi connectivity index (χ2v) is 3.64. The van der Waals surface area contributed by atoms with Gasteiger partial charge in [0.2, 0.25) is 0 Å². The van der Waals surface area contributed by atoms with Crippen LogP contribution >= 0.6 is 24.2 Å². The summed E-state index contributed by atoms with van der Waals surface area (Å²) in [6.07, 6.45) is -4.60. The molecule has 0 aliphatic carbocycles. The number of aliphatic hydroxyl groups excluding tert-OH is 5. The van der Waals surface area contributed by atoms with Crippen LogP contribution in [0.1, 0.15) is 0 Å². The van der Waals surface area contributed by atoms with Gasteiger partial charge in [-0.3, -0.25) is 0 Å². The zero-order valence-electron chi connectivity index (χ0n) is 6.66. The van der Waals surface area contributed by atoms with Crippen LogP contribution in [0.2, 0.25) is 0 Å². The molecule has 5 atom stereocenters. The summed E-state index contributed by atoms with van der Waals surface area (Å²) in [5, 5.41) is 43.4. The average Bonchev–Trinajstić information content (AvgIpc) is 2.12. The quantitative estimate of drug-likeness (QED) is 0.241. The lowest BCUT2D eigenvalue weighted by Gasteiger charge is -2.26. The molecular formula is C6H13ClO5S. The number of hydrogen-bond acceptors (Lipinski definition) is 6. The van der Waals surface area contributed by atoms with E-state index in [1.807, 2.05) is 0 Å². The van der Waals surface area contributed by atoms with Crippen LogP contribution in [-0.2, 0) is 0 Å². The van der Waals surface area contributed by atoms with Crippen molar-refractivity contribution in [2.45, 2.75) is 29.1 Å². The maximum absolute atomic E-state index is 9.22. The zero-order valence-corrected chi connectivity index (χ0v) is 8.31. The lowest BCUT2D eigenvalue weighted by molar-refractivity contribution is -0.0806. The van der Waals surface area contributed by atoms with E-state index >= 15 is 0 Å². The Hall–Kier alpha value is 0.440. The van der Waals surface area contributed by atoms with Gasteiger partial charge in [0.1, 0.15) is 17.8 Å². The lowest BCUT2D eigenvalue weighted by atomic mass is 10.1. The van der Waals surface area contributed by atoms with Crippen molar-refractivity contribution in [3.63, 3.8) is 0 Å². The fourth-order valence-electron chi connectivity index (χ4n) is 0.700. The molecule has 0 saturated carbocycles. The highest BCUT2D eigenvalue weighted by Gasteiger charge is 2.32. The molecule has 0 rings (SSSR count). The monoisotopic (exact) mass is 232 g/mol. The Kier molecular flexibility index (Phi) is 6.23. The van der Waals surface area contributed by atoms with E-state index < -0.39 is 35.7 Å². The third kappa shape index (κ3) is 3.99. The molecule has 5 nitrogen and oxygen atoms in total. The Balaban J connectivity index is 4.15. The summed E-state index contributed by atoms with van der Waals surface area (Å²) < 4.78 is 0. The molecule has 7 heteroatoms. The molecule has 0 radical (unpaired) electrons. The summed E-state index contributed by atoms with van der Waals surface area (Å²) in [6, 6.07) is 0. The highest BCUT2D eigenvalue weighted by Crippen LogP contribution is 2.15. The van der Waals surface area contributed by atoms with Crippen LogP contribution in [0.15, 0.2) is 0 Å². The van der Waals surface area contributed by atoms with Crippen molar-refractivity contribution in [3.8, 4) is 0 Å². The fourth-order valence-corrected chi connectivity index (χ4v) is 1.03. The van der Waals surface area contributed by atoms with Gasteiger partial charge in [-0.25, -0.2) is 0 Å². The minimum Gasteiger partial charge on any atom is -0.394 e.